The highest BCUT2D eigenvalue weighted by Crippen LogP contribution is 2.32. The first-order valence-corrected chi connectivity index (χ1v) is 7.26. The topological polar surface area (TPSA) is 51.2 Å². The molecule has 0 fully saturated rings. The molecule has 19 heavy (non-hydrogen) atoms. The van der Waals surface area contributed by atoms with Gasteiger partial charge in [0.25, 0.3) is 9.70 Å². The average molecular weight is 340 g/mol. The Balaban J connectivity index is 2.24. The van der Waals surface area contributed by atoms with E-state index in [0.717, 1.165) is 16.0 Å². The zero-order chi connectivity index (χ0) is 14.0. The third kappa shape index (κ3) is 3.63. The van der Waals surface area contributed by atoms with Crippen molar-refractivity contribution in [2.24, 2.45) is 0 Å². The van der Waals surface area contributed by atoms with Crippen LogP contribution in [-0.2, 0) is 4.79 Å². The number of carbonyl (C=O) groups is 1. The second-order valence-corrected chi connectivity index (χ2v) is 6.85. The van der Waals surface area contributed by atoms with E-state index in [1.165, 1.54) is 11.3 Å². The van der Waals surface area contributed by atoms with Crippen molar-refractivity contribution in [2.45, 2.75) is 10.7 Å². The summed E-state index contributed by atoms with van der Waals surface area (Å²) in [6.07, 6.45) is 0. The lowest BCUT2D eigenvalue weighted by atomic mass is 10.3. The van der Waals surface area contributed by atoms with Gasteiger partial charge >= 0.3 is 0 Å². The normalized spacial score (nSPS) is 11.6. The molecular weight excluding hydrogens is 331 g/mol. The van der Waals surface area contributed by atoms with E-state index in [9.17, 15) is 4.79 Å². The van der Waals surface area contributed by atoms with Crippen molar-refractivity contribution in [3.8, 4) is 5.75 Å². The molecule has 1 aromatic heterocycles. The van der Waals surface area contributed by atoms with Gasteiger partial charge in [-0.25, -0.2) is 4.98 Å². The molecule has 2 aromatic rings. The SMILES string of the molecule is CCOc1ccc2nc(NC(=O)C(Cl)(Cl)Cl)sc2c1. The lowest BCUT2D eigenvalue weighted by molar-refractivity contribution is -0.115. The molecule has 0 radical (unpaired) electrons. The molecule has 102 valence electrons. The van der Waals surface area contributed by atoms with Gasteiger partial charge in [-0.2, -0.15) is 0 Å². The number of rotatable bonds is 3. The van der Waals surface area contributed by atoms with E-state index < -0.39 is 9.70 Å². The van der Waals surface area contributed by atoms with Crippen molar-refractivity contribution in [3.05, 3.63) is 18.2 Å². The summed E-state index contributed by atoms with van der Waals surface area (Å²) in [7, 11) is 0. The highest BCUT2D eigenvalue weighted by molar-refractivity contribution is 7.22. The van der Waals surface area contributed by atoms with Crippen LogP contribution >= 0.6 is 46.1 Å². The average Bonchev–Trinajstić information content (AvgIpc) is 2.69. The Kier molecular flexibility index (Phi) is 4.40. The van der Waals surface area contributed by atoms with Crippen LogP contribution in [-0.4, -0.2) is 21.3 Å². The molecule has 1 N–H and O–H groups in total. The summed E-state index contributed by atoms with van der Waals surface area (Å²) in [5.41, 5.74) is 0.744. The Bertz CT molecular complexity index is 609. The van der Waals surface area contributed by atoms with Crippen LogP contribution < -0.4 is 10.1 Å². The first-order chi connectivity index (χ1) is 8.90. The van der Waals surface area contributed by atoms with E-state index in [2.05, 4.69) is 10.3 Å². The Morgan fingerprint density at radius 1 is 1.47 bits per heavy atom. The highest BCUT2D eigenvalue weighted by Gasteiger charge is 2.31. The van der Waals surface area contributed by atoms with Crippen LogP contribution in [0.1, 0.15) is 6.92 Å². The van der Waals surface area contributed by atoms with Gasteiger partial charge in [0, 0.05) is 0 Å². The summed E-state index contributed by atoms with van der Waals surface area (Å²) < 4.78 is 4.26. The molecule has 0 aliphatic rings. The summed E-state index contributed by atoms with van der Waals surface area (Å²) in [4.78, 5) is 15.7. The van der Waals surface area contributed by atoms with E-state index in [-0.39, 0.29) is 0 Å². The number of nitrogens with one attached hydrogen (secondary N) is 1. The first kappa shape index (κ1) is 14.7. The van der Waals surface area contributed by atoms with Gasteiger partial charge in [0.15, 0.2) is 5.13 Å². The largest absolute Gasteiger partial charge is 0.494 e. The number of aromatic nitrogens is 1. The monoisotopic (exact) mass is 338 g/mol. The molecule has 1 aromatic carbocycles. The molecule has 0 saturated heterocycles. The van der Waals surface area contributed by atoms with Crippen molar-refractivity contribution < 1.29 is 9.53 Å². The Hall–Kier alpha value is -0.750. The van der Waals surface area contributed by atoms with E-state index in [1.54, 1.807) is 0 Å². The van der Waals surface area contributed by atoms with E-state index >= 15 is 0 Å². The van der Waals surface area contributed by atoms with Gasteiger partial charge in [0.1, 0.15) is 5.75 Å². The van der Waals surface area contributed by atoms with Crippen LogP contribution in [0.4, 0.5) is 5.13 Å². The van der Waals surface area contributed by atoms with Crippen LogP contribution in [0.3, 0.4) is 0 Å². The molecule has 0 unspecified atom stereocenters. The Labute approximate surface area is 128 Å². The zero-order valence-corrected chi connectivity index (χ0v) is 12.8. The fourth-order valence-electron chi connectivity index (χ4n) is 1.38. The van der Waals surface area contributed by atoms with Gasteiger partial charge < -0.3 is 4.74 Å². The van der Waals surface area contributed by atoms with Crippen LogP contribution in [0, 0.1) is 0 Å². The number of anilines is 1. The summed E-state index contributed by atoms with van der Waals surface area (Å²) in [6.45, 7) is 2.49. The molecule has 1 heterocycles. The fourth-order valence-corrected chi connectivity index (χ4v) is 2.41. The van der Waals surface area contributed by atoms with Crippen molar-refractivity contribution in [2.75, 3.05) is 11.9 Å². The first-order valence-electron chi connectivity index (χ1n) is 5.31. The minimum absolute atomic E-state index is 0.375. The Morgan fingerprint density at radius 3 is 2.84 bits per heavy atom. The maximum Gasteiger partial charge on any atom is 0.278 e. The third-order valence-electron chi connectivity index (χ3n) is 2.15. The third-order valence-corrected chi connectivity index (χ3v) is 3.60. The lowest BCUT2D eigenvalue weighted by Crippen LogP contribution is -2.26. The minimum atomic E-state index is -2.01. The zero-order valence-electron chi connectivity index (χ0n) is 9.75. The van der Waals surface area contributed by atoms with Crippen LogP contribution in [0.2, 0.25) is 0 Å². The molecule has 0 saturated carbocycles. The summed E-state index contributed by atoms with van der Waals surface area (Å²) in [5, 5.41) is 2.83. The highest BCUT2D eigenvalue weighted by atomic mass is 35.6. The van der Waals surface area contributed by atoms with E-state index in [4.69, 9.17) is 39.5 Å². The number of hydrogen-bond acceptors (Lipinski definition) is 4. The lowest BCUT2D eigenvalue weighted by Gasteiger charge is -2.08. The number of alkyl halides is 3. The van der Waals surface area contributed by atoms with Gasteiger partial charge in [-0.05, 0) is 25.1 Å². The minimum Gasteiger partial charge on any atom is -0.494 e. The standard InChI is InChI=1S/C11H9Cl3N2O2S/c1-2-18-6-3-4-7-8(5-6)19-10(15-7)16-9(17)11(12,13)14/h3-5H,2H2,1H3,(H,15,16,17). The molecule has 0 aliphatic heterocycles. The van der Waals surface area contributed by atoms with Gasteiger partial charge in [0.2, 0.25) is 0 Å². The number of ether oxygens (including phenoxy) is 1. The predicted octanol–water partition coefficient (Wildman–Crippen LogP) is 4.00. The fraction of sp³-hybridized carbons (Fsp3) is 0.273. The molecule has 0 spiro atoms. The van der Waals surface area contributed by atoms with Crippen molar-refractivity contribution in [1.82, 2.24) is 4.98 Å². The van der Waals surface area contributed by atoms with Gasteiger partial charge in [0.05, 0.1) is 16.8 Å². The molecule has 4 nitrogen and oxygen atoms in total. The molecule has 8 heteroatoms. The number of fused-ring (bicyclic) bond motifs is 1. The van der Waals surface area contributed by atoms with Crippen molar-refractivity contribution >= 4 is 67.4 Å². The molecule has 0 bridgehead atoms. The number of carbonyl (C=O) groups excluding carboxylic acids is 1. The molecule has 1 amide bonds. The summed E-state index contributed by atoms with van der Waals surface area (Å²) in [6, 6.07) is 5.47. The second-order valence-electron chi connectivity index (χ2n) is 3.53. The Morgan fingerprint density at radius 2 is 2.21 bits per heavy atom. The number of thiazole rings is 1. The van der Waals surface area contributed by atoms with Gasteiger partial charge in [-0.3, -0.25) is 10.1 Å². The number of amides is 1. The van der Waals surface area contributed by atoms with Gasteiger partial charge in [-0.1, -0.05) is 46.1 Å². The molecule has 2 rings (SSSR count). The maximum absolute atomic E-state index is 11.5. The number of nitrogens with zero attached hydrogens (tertiary/aromatic N) is 1. The number of halogens is 3. The second kappa shape index (κ2) is 5.71. The quantitative estimate of drug-likeness (QED) is 0.860. The number of benzene rings is 1. The molecule has 0 atom stereocenters. The predicted molar refractivity (Wildman–Crippen MR) is 79.7 cm³/mol. The van der Waals surface area contributed by atoms with Crippen LogP contribution in [0.25, 0.3) is 10.2 Å². The summed E-state index contributed by atoms with van der Waals surface area (Å²) in [5.74, 6) is 0.0134. The van der Waals surface area contributed by atoms with Crippen LogP contribution in [0.15, 0.2) is 18.2 Å². The van der Waals surface area contributed by atoms with E-state index in [1.807, 2.05) is 25.1 Å². The molecule has 0 aliphatic carbocycles. The van der Waals surface area contributed by atoms with Crippen molar-refractivity contribution in [1.29, 1.82) is 0 Å². The van der Waals surface area contributed by atoms with Crippen LogP contribution in [0.5, 0.6) is 5.75 Å². The number of hydrogen-bond donors (Lipinski definition) is 1. The van der Waals surface area contributed by atoms with E-state index in [0.29, 0.717) is 11.7 Å². The van der Waals surface area contributed by atoms with Crippen molar-refractivity contribution in [3.63, 3.8) is 0 Å². The summed E-state index contributed by atoms with van der Waals surface area (Å²) >= 11 is 17.7. The van der Waals surface area contributed by atoms with Gasteiger partial charge in [-0.15, -0.1) is 0 Å². The maximum atomic E-state index is 11.5. The smallest absolute Gasteiger partial charge is 0.278 e. The molecular formula is C11H9Cl3N2O2S.